The van der Waals surface area contributed by atoms with Crippen LogP contribution in [0.5, 0.6) is 5.75 Å². The molecule has 0 saturated carbocycles. The van der Waals surface area contributed by atoms with Gasteiger partial charge in [-0.2, -0.15) is 0 Å². The number of aliphatic hydroxyl groups excluding tert-OH is 1. The van der Waals surface area contributed by atoms with Crippen LogP contribution in [-0.2, 0) is 0 Å². The smallest absolute Gasteiger partial charge is 0.270 e. The summed E-state index contributed by atoms with van der Waals surface area (Å²) in [5.41, 5.74) is 1.06. The number of nitrogens with zero attached hydrogens (tertiary/aromatic N) is 1. The average Bonchev–Trinajstić information content (AvgIpc) is 3.04. The fourth-order valence-corrected chi connectivity index (χ4v) is 2.09. The van der Waals surface area contributed by atoms with Gasteiger partial charge < -0.3 is 9.84 Å². The maximum Gasteiger partial charge on any atom is 0.270 e. The van der Waals surface area contributed by atoms with Gasteiger partial charge in [-0.05, 0) is 11.6 Å². The summed E-state index contributed by atoms with van der Waals surface area (Å²) in [6.45, 7) is 7.80. The molecule has 2 rings (SSSR count). The number of ether oxygens (including phenoxy) is 1. The Bertz CT molecular complexity index is 590. The average molecular weight is 275 g/mol. The minimum absolute atomic E-state index is 0.0657. The normalized spacial score (nSPS) is 17.1. The molecule has 106 valence electrons. The van der Waals surface area contributed by atoms with E-state index in [2.05, 4.69) is 6.58 Å². The quantitative estimate of drug-likeness (QED) is 0.491. The molecule has 20 heavy (non-hydrogen) atoms. The number of allylic oxidation sites excluding steroid dienone is 1. The molecular weight excluding hydrogens is 258 g/mol. The first-order chi connectivity index (χ1) is 9.36. The molecule has 0 aromatic heterocycles. The zero-order chi connectivity index (χ0) is 14.9. The van der Waals surface area contributed by atoms with Gasteiger partial charge in [0.2, 0.25) is 0 Å². The zero-order valence-corrected chi connectivity index (χ0v) is 11.5. The van der Waals surface area contributed by atoms with Crippen LogP contribution in [0.1, 0.15) is 25.5 Å². The Labute approximate surface area is 117 Å². The second-order valence-corrected chi connectivity index (χ2v) is 5.30. The van der Waals surface area contributed by atoms with Gasteiger partial charge in [-0.25, -0.2) is 0 Å². The predicted octanol–water partition coefficient (Wildman–Crippen LogP) is 3.16. The fraction of sp³-hybridized carbons (Fsp3) is 0.333. The van der Waals surface area contributed by atoms with Crippen molar-refractivity contribution in [2.24, 2.45) is 5.41 Å². The third-order valence-electron chi connectivity index (χ3n) is 3.33. The lowest BCUT2D eigenvalue weighted by atomic mass is 9.97. The third-order valence-corrected chi connectivity index (χ3v) is 3.33. The number of hydrogen-bond donors (Lipinski definition) is 1. The van der Waals surface area contributed by atoms with E-state index in [0.717, 1.165) is 5.57 Å². The van der Waals surface area contributed by atoms with E-state index < -0.39 is 11.0 Å². The van der Waals surface area contributed by atoms with E-state index in [9.17, 15) is 15.2 Å². The molecule has 0 bridgehead atoms. The van der Waals surface area contributed by atoms with Crippen LogP contribution in [0.15, 0.2) is 42.5 Å². The second kappa shape index (κ2) is 5.09. The topological polar surface area (TPSA) is 72.6 Å². The standard InChI is InChI=1S/C15H17NO4/c1-4-7-20-13-6-5-10(16(18)19)8-11(13)14(17)12-9-15(12,2)3/h4-6,8-9,14,17H,1,7H2,2-3H3. The molecule has 1 aliphatic rings. The summed E-state index contributed by atoms with van der Waals surface area (Å²) in [4.78, 5) is 10.4. The van der Waals surface area contributed by atoms with Gasteiger partial charge in [-0.3, -0.25) is 10.1 Å². The van der Waals surface area contributed by atoms with E-state index in [1.165, 1.54) is 18.2 Å². The Hall–Kier alpha value is -2.14. The molecule has 0 fully saturated rings. The van der Waals surface area contributed by atoms with Crippen molar-refractivity contribution in [2.45, 2.75) is 20.0 Å². The van der Waals surface area contributed by atoms with Gasteiger partial charge in [0.15, 0.2) is 0 Å². The highest BCUT2D eigenvalue weighted by atomic mass is 16.6. The molecule has 1 aromatic rings. The highest BCUT2D eigenvalue weighted by Crippen LogP contribution is 2.51. The van der Waals surface area contributed by atoms with E-state index >= 15 is 0 Å². The lowest BCUT2D eigenvalue weighted by molar-refractivity contribution is -0.385. The molecule has 1 atom stereocenters. The lowest BCUT2D eigenvalue weighted by Crippen LogP contribution is -2.06. The van der Waals surface area contributed by atoms with Crippen molar-refractivity contribution in [1.82, 2.24) is 0 Å². The number of aliphatic hydroxyl groups is 1. The lowest BCUT2D eigenvalue weighted by Gasteiger charge is -2.16. The molecule has 0 radical (unpaired) electrons. The molecule has 0 aliphatic heterocycles. The molecule has 0 saturated heterocycles. The molecule has 1 N–H and O–H groups in total. The summed E-state index contributed by atoms with van der Waals surface area (Å²) in [5.74, 6) is 0.437. The Morgan fingerprint density at radius 3 is 2.70 bits per heavy atom. The molecule has 0 heterocycles. The SMILES string of the molecule is C=CCOc1ccc([N+](=O)[O-])cc1C(O)C1=CC1(C)C. The first-order valence-electron chi connectivity index (χ1n) is 6.30. The van der Waals surface area contributed by atoms with Crippen molar-refractivity contribution in [2.75, 3.05) is 6.61 Å². The molecule has 5 heteroatoms. The van der Waals surface area contributed by atoms with Crippen molar-refractivity contribution >= 4 is 5.69 Å². The van der Waals surface area contributed by atoms with Crippen LogP contribution in [0.2, 0.25) is 0 Å². The molecule has 0 spiro atoms. The number of hydrogen-bond acceptors (Lipinski definition) is 4. The number of nitro benzene ring substituents is 1. The largest absolute Gasteiger partial charge is 0.489 e. The Morgan fingerprint density at radius 2 is 2.20 bits per heavy atom. The zero-order valence-electron chi connectivity index (χ0n) is 11.5. The van der Waals surface area contributed by atoms with Crippen LogP contribution in [-0.4, -0.2) is 16.6 Å². The summed E-state index contributed by atoms with van der Waals surface area (Å²) in [6, 6.07) is 4.23. The fourth-order valence-electron chi connectivity index (χ4n) is 2.09. The van der Waals surface area contributed by atoms with Crippen molar-refractivity contribution < 1.29 is 14.8 Å². The maximum atomic E-state index is 10.9. The first kappa shape index (κ1) is 14.3. The van der Waals surface area contributed by atoms with Gasteiger partial charge in [0.05, 0.1) is 4.92 Å². The highest BCUT2D eigenvalue weighted by Gasteiger charge is 2.40. The third kappa shape index (κ3) is 2.72. The minimum atomic E-state index is -0.885. The van der Waals surface area contributed by atoms with Crippen molar-refractivity contribution in [3.05, 3.63) is 58.2 Å². The highest BCUT2D eigenvalue weighted by molar-refractivity contribution is 5.51. The summed E-state index contributed by atoms with van der Waals surface area (Å²) < 4.78 is 5.46. The molecule has 1 aromatic carbocycles. The Balaban J connectivity index is 2.36. The first-order valence-corrected chi connectivity index (χ1v) is 6.30. The van der Waals surface area contributed by atoms with E-state index in [0.29, 0.717) is 11.3 Å². The van der Waals surface area contributed by atoms with Crippen LogP contribution in [0, 0.1) is 15.5 Å². The maximum absolute atomic E-state index is 10.9. The number of benzene rings is 1. The Kier molecular flexibility index (Phi) is 3.63. The predicted molar refractivity (Wildman–Crippen MR) is 75.6 cm³/mol. The van der Waals surface area contributed by atoms with E-state index in [-0.39, 0.29) is 17.7 Å². The van der Waals surface area contributed by atoms with E-state index in [4.69, 9.17) is 4.74 Å². The van der Waals surface area contributed by atoms with Crippen LogP contribution < -0.4 is 4.74 Å². The summed E-state index contributed by atoms with van der Waals surface area (Å²) in [7, 11) is 0. The molecular formula is C15H17NO4. The van der Waals surface area contributed by atoms with Gasteiger partial charge in [0.25, 0.3) is 5.69 Å². The van der Waals surface area contributed by atoms with Crippen molar-refractivity contribution in [3.8, 4) is 5.75 Å². The number of rotatable bonds is 6. The number of nitro groups is 1. The molecule has 0 amide bonds. The van der Waals surface area contributed by atoms with Gasteiger partial charge in [-0.1, -0.05) is 32.6 Å². The van der Waals surface area contributed by atoms with Crippen molar-refractivity contribution in [3.63, 3.8) is 0 Å². The van der Waals surface area contributed by atoms with Gasteiger partial charge in [-0.15, -0.1) is 0 Å². The molecule has 5 nitrogen and oxygen atoms in total. The molecule has 1 unspecified atom stereocenters. The van der Waals surface area contributed by atoms with Gasteiger partial charge >= 0.3 is 0 Å². The van der Waals surface area contributed by atoms with Crippen LogP contribution >= 0.6 is 0 Å². The van der Waals surface area contributed by atoms with Crippen molar-refractivity contribution in [1.29, 1.82) is 0 Å². The minimum Gasteiger partial charge on any atom is -0.489 e. The second-order valence-electron chi connectivity index (χ2n) is 5.30. The molecule has 1 aliphatic carbocycles. The summed E-state index contributed by atoms with van der Waals surface area (Å²) in [6.07, 6.45) is 2.64. The van der Waals surface area contributed by atoms with Crippen LogP contribution in [0.25, 0.3) is 0 Å². The van der Waals surface area contributed by atoms with E-state index in [1.54, 1.807) is 6.08 Å². The van der Waals surface area contributed by atoms with Gasteiger partial charge in [0, 0.05) is 23.1 Å². The summed E-state index contributed by atoms with van der Waals surface area (Å²) in [5, 5.41) is 21.3. The van der Waals surface area contributed by atoms with E-state index in [1.807, 2.05) is 19.9 Å². The van der Waals surface area contributed by atoms with Crippen LogP contribution in [0.3, 0.4) is 0 Å². The summed E-state index contributed by atoms with van der Waals surface area (Å²) >= 11 is 0. The Morgan fingerprint density at radius 1 is 1.55 bits per heavy atom. The number of non-ortho nitro benzene ring substituents is 1. The van der Waals surface area contributed by atoms with Gasteiger partial charge in [0.1, 0.15) is 18.5 Å². The van der Waals surface area contributed by atoms with Crippen LogP contribution in [0.4, 0.5) is 5.69 Å². The monoisotopic (exact) mass is 275 g/mol.